The lowest BCUT2D eigenvalue weighted by Gasteiger charge is -2.10. The Hall–Kier alpha value is -1.19. The van der Waals surface area contributed by atoms with Crippen LogP contribution >= 0.6 is 22.9 Å². The van der Waals surface area contributed by atoms with Crippen molar-refractivity contribution in [1.29, 1.82) is 0 Å². The summed E-state index contributed by atoms with van der Waals surface area (Å²) in [7, 11) is -3.94. The molecule has 0 spiro atoms. The Morgan fingerprint density at radius 2 is 2.00 bits per heavy atom. The molecule has 2 unspecified atom stereocenters. The van der Waals surface area contributed by atoms with Gasteiger partial charge in [0.2, 0.25) is 19.1 Å². The smallest absolute Gasteiger partial charge is 0.246 e. The highest BCUT2D eigenvalue weighted by Gasteiger charge is 2.37. The number of allylic oxidation sites excluding steroid dienone is 4. The zero-order valence-corrected chi connectivity index (χ0v) is 17.9. The van der Waals surface area contributed by atoms with Gasteiger partial charge >= 0.3 is 0 Å². The Bertz CT molecular complexity index is 1040. The fourth-order valence-corrected chi connectivity index (χ4v) is 8.03. The maximum Gasteiger partial charge on any atom is 0.246 e. The molecule has 0 bridgehead atoms. The van der Waals surface area contributed by atoms with Crippen molar-refractivity contribution in [3.05, 3.63) is 58.4 Å². The molecular formula is C19H17ClFNO3S3. The van der Waals surface area contributed by atoms with Crippen LogP contribution in [0, 0.1) is 5.92 Å². The number of thiazole rings is 1. The first kappa shape index (κ1) is 20.1. The summed E-state index contributed by atoms with van der Waals surface area (Å²) in [5, 5.41) is 0.806. The summed E-state index contributed by atoms with van der Waals surface area (Å²) in [6.45, 7) is 0. The number of aromatic nitrogens is 1. The van der Waals surface area contributed by atoms with Gasteiger partial charge in [0.25, 0.3) is 0 Å². The monoisotopic (exact) mass is 457 g/mol. The van der Waals surface area contributed by atoms with E-state index < -0.39 is 21.0 Å². The summed E-state index contributed by atoms with van der Waals surface area (Å²) < 4.78 is 52.9. The van der Waals surface area contributed by atoms with E-state index in [-0.39, 0.29) is 25.9 Å². The molecule has 2 aromatic rings. The van der Waals surface area contributed by atoms with Crippen molar-refractivity contribution < 1.29 is 17.4 Å². The molecule has 0 N–H and O–H groups in total. The molecule has 1 heterocycles. The molecule has 0 saturated heterocycles. The Labute approximate surface area is 175 Å². The minimum Gasteiger partial charge on any atom is -0.611 e. The molecule has 1 fully saturated rings. The Morgan fingerprint density at radius 3 is 2.61 bits per heavy atom. The number of nitrogens with zero attached hydrogens (tertiary/aromatic N) is 1. The van der Waals surface area contributed by atoms with Crippen molar-refractivity contribution in [1.82, 2.24) is 4.98 Å². The number of hydrogen-bond donors (Lipinski definition) is 0. The first-order chi connectivity index (χ1) is 13.3. The highest BCUT2D eigenvalue weighted by molar-refractivity contribution is 7.96. The van der Waals surface area contributed by atoms with E-state index >= 15 is 0 Å². The molecule has 4 rings (SSSR count). The lowest BCUT2D eigenvalue weighted by molar-refractivity contribution is 0.579. The van der Waals surface area contributed by atoms with Gasteiger partial charge in [0.1, 0.15) is 16.6 Å². The second kappa shape index (κ2) is 7.91. The normalized spacial score (nSPS) is 20.8. The van der Waals surface area contributed by atoms with Gasteiger partial charge in [-0.2, -0.15) is 0 Å². The van der Waals surface area contributed by atoms with E-state index in [0.717, 1.165) is 24.2 Å². The van der Waals surface area contributed by atoms with Crippen LogP contribution in [0.4, 0.5) is 4.39 Å². The molecule has 2 aliphatic carbocycles. The summed E-state index contributed by atoms with van der Waals surface area (Å²) in [5.74, 6) is 0.276. The molecule has 1 saturated carbocycles. The average molecular weight is 458 g/mol. The van der Waals surface area contributed by atoms with E-state index in [1.54, 1.807) is 6.08 Å². The van der Waals surface area contributed by atoms with Gasteiger partial charge in [-0.1, -0.05) is 29.0 Å². The number of sulfone groups is 1. The molecule has 2 atom stereocenters. The summed E-state index contributed by atoms with van der Waals surface area (Å²) in [6, 6.07) is 5.84. The molecule has 0 radical (unpaired) electrons. The van der Waals surface area contributed by atoms with Crippen molar-refractivity contribution in [3.63, 3.8) is 0 Å². The van der Waals surface area contributed by atoms with Crippen LogP contribution in [0.25, 0.3) is 0 Å². The number of benzene rings is 1. The molecule has 2 aliphatic rings. The van der Waals surface area contributed by atoms with Crippen molar-refractivity contribution in [2.24, 2.45) is 5.92 Å². The van der Waals surface area contributed by atoms with Gasteiger partial charge in [0, 0.05) is 16.9 Å². The molecular weight excluding hydrogens is 441 g/mol. The van der Waals surface area contributed by atoms with E-state index in [1.807, 2.05) is 0 Å². The molecule has 148 valence electrons. The van der Waals surface area contributed by atoms with Crippen LogP contribution < -0.4 is 0 Å². The Balaban J connectivity index is 1.75. The Morgan fingerprint density at radius 1 is 1.29 bits per heavy atom. The van der Waals surface area contributed by atoms with Crippen molar-refractivity contribution in [3.8, 4) is 0 Å². The summed E-state index contributed by atoms with van der Waals surface area (Å²) in [5.41, 5.74) is 0. The molecule has 0 aliphatic heterocycles. The van der Waals surface area contributed by atoms with E-state index in [4.69, 9.17) is 11.6 Å². The number of halogens is 2. The minimum absolute atomic E-state index is 0.0588. The molecule has 1 aromatic heterocycles. The minimum atomic E-state index is -3.94. The second-order valence-electron chi connectivity index (χ2n) is 6.85. The predicted molar refractivity (Wildman–Crippen MR) is 109 cm³/mol. The molecule has 28 heavy (non-hydrogen) atoms. The van der Waals surface area contributed by atoms with E-state index in [9.17, 15) is 17.4 Å². The summed E-state index contributed by atoms with van der Waals surface area (Å²) in [6.07, 6.45) is 6.90. The molecule has 1 aromatic carbocycles. The SMILES string of the molecule is O=S(=O)(c1ccc(Cl)cc1)c1nc(C2C=CC(F)=CC2)sc1[S+]([O-])CC1CC1. The molecule has 9 heteroatoms. The topological polar surface area (TPSA) is 70.1 Å². The van der Waals surface area contributed by atoms with Gasteiger partial charge in [0.05, 0.1) is 4.90 Å². The van der Waals surface area contributed by atoms with Crippen LogP contribution in [0.2, 0.25) is 5.02 Å². The third kappa shape index (κ3) is 4.21. The predicted octanol–water partition coefficient (Wildman–Crippen LogP) is 5.04. The van der Waals surface area contributed by atoms with Crippen molar-refractivity contribution >= 4 is 44.0 Å². The van der Waals surface area contributed by atoms with E-state index in [2.05, 4.69) is 4.98 Å². The van der Waals surface area contributed by atoms with Gasteiger partial charge in [-0.25, -0.2) is 17.8 Å². The number of hydrogen-bond acceptors (Lipinski definition) is 5. The average Bonchev–Trinajstić information content (AvgIpc) is 3.36. The van der Waals surface area contributed by atoms with Crippen LogP contribution in [0.15, 0.2) is 62.5 Å². The highest BCUT2D eigenvalue weighted by atomic mass is 35.5. The fraction of sp³-hybridized carbons (Fsp3) is 0.316. The summed E-state index contributed by atoms with van der Waals surface area (Å²) in [4.78, 5) is 4.44. The van der Waals surface area contributed by atoms with Crippen LogP contribution in [0.5, 0.6) is 0 Å². The quantitative estimate of drug-likeness (QED) is 0.569. The van der Waals surface area contributed by atoms with Crippen LogP contribution in [-0.4, -0.2) is 23.7 Å². The zero-order valence-electron chi connectivity index (χ0n) is 14.7. The third-order valence-corrected chi connectivity index (χ3v) is 10.0. The van der Waals surface area contributed by atoms with Gasteiger partial charge in [-0.05, 0) is 66.9 Å². The van der Waals surface area contributed by atoms with Crippen LogP contribution in [0.3, 0.4) is 0 Å². The standard InChI is InChI=1S/C19H17ClFNO3S3/c20-14-5-9-16(10-6-14)28(24,25)18-19(27(23)11-12-1-2-12)26-17(22-18)13-3-7-15(21)8-4-13/h3,5-10,12-13H,1-2,4,11H2. The fourth-order valence-electron chi connectivity index (χ4n) is 2.86. The van der Waals surface area contributed by atoms with Gasteiger partial charge in [-0.15, -0.1) is 0 Å². The maximum absolute atomic E-state index is 13.3. The lowest BCUT2D eigenvalue weighted by Crippen LogP contribution is -2.12. The van der Waals surface area contributed by atoms with E-state index in [1.165, 1.54) is 36.4 Å². The zero-order chi connectivity index (χ0) is 19.9. The van der Waals surface area contributed by atoms with Gasteiger partial charge < -0.3 is 4.55 Å². The molecule has 0 amide bonds. The lowest BCUT2D eigenvalue weighted by atomic mass is 10.0. The van der Waals surface area contributed by atoms with Crippen LogP contribution in [-0.2, 0) is 21.0 Å². The highest BCUT2D eigenvalue weighted by Crippen LogP contribution is 2.40. The first-order valence-corrected chi connectivity index (χ1v) is 12.8. The molecule has 4 nitrogen and oxygen atoms in total. The van der Waals surface area contributed by atoms with Gasteiger partial charge in [-0.3, -0.25) is 0 Å². The largest absolute Gasteiger partial charge is 0.611 e. The third-order valence-electron chi connectivity index (χ3n) is 4.62. The summed E-state index contributed by atoms with van der Waals surface area (Å²) >= 11 is 5.58. The van der Waals surface area contributed by atoms with Gasteiger partial charge in [0.15, 0.2) is 0 Å². The van der Waals surface area contributed by atoms with Crippen molar-refractivity contribution in [2.45, 2.75) is 39.3 Å². The number of rotatable bonds is 6. The Kier molecular flexibility index (Phi) is 5.68. The van der Waals surface area contributed by atoms with Crippen LogP contribution in [0.1, 0.15) is 30.2 Å². The second-order valence-corrected chi connectivity index (χ2v) is 11.9. The maximum atomic E-state index is 13.3. The van der Waals surface area contributed by atoms with Crippen molar-refractivity contribution in [2.75, 3.05) is 5.75 Å². The first-order valence-electron chi connectivity index (χ1n) is 8.78. The van der Waals surface area contributed by atoms with E-state index in [0.29, 0.717) is 28.1 Å².